The maximum absolute atomic E-state index is 12.4. The molecule has 0 aliphatic carbocycles. The number of nitrogens with zero attached hydrogens (tertiary/aromatic N) is 1. The Bertz CT molecular complexity index is 932. The second-order valence-electron chi connectivity index (χ2n) is 5.50. The van der Waals surface area contributed by atoms with Crippen LogP contribution in [0.4, 0.5) is 11.4 Å². The quantitative estimate of drug-likeness (QED) is 0.441. The number of hydrogen-bond acceptors (Lipinski definition) is 5. The molecule has 0 unspecified atom stereocenters. The van der Waals surface area contributed by atoms with Crippen LogP contribution in [-0.4, -0.2) is 18.5 Å². The Hall–Kier alpha value is -3.30. The minimum Gasteiger partial charge on any atom is -0.462 e. The molecule has 2 aromatic carbocycles. The monoisotopic (exact) mass is 383 g/mol. The van der Waals surface area contributed by atoms with Crippen LogP contribution in [-0.2, 0) is 9.53 Å². The number of esters is 1. The first-order valence-corrected chi connectivity index (χ1v) is 8.54. The van der Waals surface area contributed by atoms with Crippen molar-refractivity contribution in [2.24, 2.45) is 0 Å². The van der Waals surface area contributed by atoms with Crippen LogP contribution in [0.25, 0.3) is 0 Å². The number of benzene rings is 2. The Balaban J connectivity index is 2.17. The molecule has 1 amide bonds. The van der Waals surface area contributed by atoms with Crippen LogP contribution < -0.4 is 10.6 Å². The predicted molar refractivity (Wildman–Crippen MR) is 105 cm³/mol. The molecule has 0 aliphatic heterocycles. The van der Waals surface area contributed by atoms with Gasteiger partial charge in [-0.15, -0.1) is 0 Å². The Kier molecular flexibility index (Phi) is 6.98. The van der Waals surface area contributed by atoms with Gasteiger partial charge in [-0.05, 0) is 43.7 Å². The number of para-hydroxylation sites is 1. The van der Waals surface area contributed by atoms with Gasteiger partial charge in [0.2, 0.25) is 0 Å². The molecule has 0 heterocycles. The zero-order chi connectivity index (χ0) is 19.8. The first-order valence-electron chi connectivity index (χ1n) is 8.16. The fourth-order valence-corrected chi connectivity index (χ4v) is 2.34. The average Bonchev–Trinajstić information content (AvgIpc) is 2.65. The van der Waals surface area contributed by atoms with Gasteiger partial charge in [0.15, 0.2) is 0 Å². The number of carbonyl (C=O) groups is 2. The molecule has 0 saturated heterocycles. The van der Waals surface area contributed by atoms with Gasteiger partial charge in [0.25, 0.3) is 5.91 Å². The van der Waals surface area contributed by atoms with Gasteiger partial charge in [-0.3, -0.25) is 4.79 Å². The molecule has 0 aromatic heterocycles. The summed E-state index contributed by atoms with van der Waals surface area (Å²) in [6, 6.07) is 13.5. The van der Waals surface area contributed by atoms with E-state index in [-0.39, 0.29) is 23.4 Å². The summed E-state index contributed by atoms with van der Waals surface area (Å²) in [6.45, 7) is 3.78. The maximum atomic E-state index is 12.4. The molecule has 0 saturated carbocycles. The van der Waals surface area contributed by atoms with Crippen molar-refractivity contribution in [3.63, 3.8) is 0 Å². The van der Waals surface area contributed by atoms with Crippen molar-refractivity contribution in [2.45, 2.75) is 13.8 Å². The Morgan fingerprint density at radius 3 is 2.67 bits per heavy atom. The molecule has 0 fully saturated rings. The highest BCUT2D eigenvalue weighted by Crippen LogP contribution is 2.20. The third kappa shape index (κ3) is 5.33. The van der Waals surface area contributed by atoms with Crippen molar-refractivity contribution in [3.05, 3.63) is 70.4 Å². The molecule has 0 bridgehead atoms. The number of nitriles is 1. The summed E-state index contributed by atoms with van der Waals surface area (Å²) in [5.74, 6) is -1.21. The summed E-state index contributed by atoms with van der Waals surface area (Å²) in [7, 11) is 0. The highest BCUT2D eigenvalue weighted by molar-refractivity contribution is 6.31. The number of nitrogens with one attached hydrogen (secondary N) is 2. The summed E-state index contributed by atoms with van der Waals surface area (Å²) >= 11 is 6.06. The van der Waals surface area contributed by atoms with E-state index in [1.807, 2.05) is 19.1 Å². The number of carbonyl (C=O) groups excluding carboxylic acids is 2. The molecule has 2 rings (SSSR count). The third-order valence-electron chi connectivity index (χ3n) is 3.59. The van der Waals surface area contributed by atoms with E-state index >= 15 is 0 Å². The highest BCUT2D eigenvalue weighted by atomic mass is 35.5. The van der Waals surface area contributed by atoms with Crippen LogP contribution in [0.15, 0.2) is 54.2 Å². The largest absolute Gasteiger partial charge is 0.462 e. The Morgan fingerprint density at radius 1 is 1.26 bits per heavy atom. The third-order valence-corrected chi connectivity index (χ3v) is 4.00. The van der Waals surface area contributed by atoms with Gasteiger partial charge in [0.05, 0.1) is 17.9 Å². The number of rotatable bonds is 6. The normalized spacial score (nSPS) is 10.7. The van der Waals surface area contributed by atoms with Crippen LogP contribution in [0.1, 0.15) is 22.8 Å². The van der Waals surface area contributed by atoms with E-state index in [1.54, 1.807) is 37.3 Å². The van der Waals surface area contributed by atoms with Crippen LogP contribution >= 0.6 is 11.6 Å². The van der Waals surface area contributed by atoms with Crippen molar-refractivity contribution >= 4 is 34.9 Å². The lowest BCUT2D eigenvalue weighted by molar-refractivity contribution is -0.112. The zero-order valence-electron chi connectivity index (χ0n) is 14.9. The van der Waals surface area contributed by atoms with Gasteiger partial charge in [0, 0.05) is 16.9 Å². The maximum Gasteiger partial charge on any atom is 0.340 e. The summed E-state index contributed by atoms with van der Waals surface area (Å²) in [4.78, 5) is 24.4. The van der Waals surface area contributed by atoms with Crippen LogP contribution in [0.5, 0.6) is 0 Å². The molecule has 0 aliphatic rings. The first-order chi connectivity index (χ1) is 13.0. The Morgan fingerprint density at radius 2 is 2.00 bits per heavy atom. The van der Waals surface area contributed by atoms with E-state index in [9.17, 15) is 14.9 Å². The van der Waals surface area contributed by atoms with Crippen LogP contribution in [0.3, 0.4) is 0 Å². The molecule has 2 aromatic rings. The van der Waals surface area contributed by atoms with E-state index in [1.165, 1.54) is 12.3 Å². The van der Waals surface area contributed by atoms with Gasteiger partial charge in [-0.2, -0.15) is 5.26 Å². The fraction of sp³-hybridized carbons (Fsp3) is 0.150. The minimum atomic E-state index is -0.653. The first kappa shape index (κ1) is 20.0. The second-order valence-corrected chi connectivity index (χ2v) is 5.91. The highest BCUT2D eigenvalue weighted by Gasteiger charge is 2.16. The predicted octanol–water partition coefficient (Wildman–Crippen LogP) is 4.28. The van der Waals surface area contributed by atoms with Crippen LogP contribution in [0, 0.1) is 18.3 Å². The lowest BCUT2D eigenvalue weighted by atomic mass is 10.1. The SMILES string of the molecule is CCOC(=O)c1ccccc1NC(=O)/C(C#N)=C\Nc1ccc(C)c(Cl)c1. The summed E-state index contributed by atoms with van der Waals surface area (Å²) < 4.78 is 4.97. The second kappa shape index (κ2) is 9.41. The minimum absolute atomic E-state index is 0.162. The smallest absolute Gasteiger partial charge is 0.340 e. The standard InChI is InChI=1S/C20H18ClN3O3/c1-3-27-20(26)16-6-4-5-7-18(16)24-19(25)14(11-22)12-23-15-9-8-13(2)17(21)10-15/h4-10,12,23H,3H2,1-2H3,(H,24,25)/b14-12-. The number of ether oxygens (including phenoxy) is 1. The van der Waals surface area contributed by atoms with Crippen molar-refractivity contribution < 1.29 is 14.3 Å². The lowest BCUT2D eigenvalue weighted by Gasteiger charge is -2.10. The molecular weight excluding hydrogens is 366 g/mol. The number of amides is 1. The molecule has 7 heteroatoms. The van der Waals surface area contributed by atoms with Gasteiger partial charge in [-0.1, -0.05) is 29.8 Å². The summed E-state index contributed by atoms with van der Waals surface area (Å²) in [6.07, 6.45) is 1.28. The van der Waals surface area contributed by atoms with Gasteiger partial charge in [-0.25, -0.2) is 4.79 Å². The van der Waals surface area contributed by atoms with Gasteiger partial charge < -0.3 is 15.4 Å². The summed E-state index contributed by atoms with van der Waals surface area (Å²) in [5.41, 5.74) is 1.87. The van der Waals surface area contributed by atoms with Crippen molar-refractivity contribution in [2.75, 3.05) is 17.2 Å². The molecule has 0 atom stereocenters. The molecule has 0 radical (unpaired) electrons. The van der Waals surface area contributed by atoms with Gasteiger partial charge in [0.1, 0.15) is 11.6 Å². The molecular formula is C20H18ClN3O3. The van der Waals surface area contributed by atoms with Crippen molar-refractivity contribution in [3.8, 4) is 6.07 Å². The van der Waals surface area contributed by atoms with E-state index < -0.39 is 11.9 Å². The number of hydrogen-bond donors (Lipinski definition) is 2. The molecule has 2 N–H and O–H groups in total. The average molecular weight is 384 g/mol. The fourth-order valence-electron chi connectivity index (χ4n) is 2.16. The van der Waals surface area contributed by atoms with E-state index in [2.05, 4.69) is 10.6 Å². The Labute approximate surface area is 162 Å². The van der Waals surface area contributed by atoms with E-state index in [0.717, 1.165) is 5.56 Å². The topological polar surface area (TPSA) is 91.2 Å². The molecule has 0 spiro atoms. The molecule has 6 nitrogen and oxygen atoms in total. The summed E-state index contributed by atoms with van der Waals surface area (Å²) in [5, 5.41) is 15.3. The number of anilines is 2. The van der Waals surface area contributed by atoms with Crippen molar-refractivity contribution in [1.82, 2.24) is 0 Å². The number of halogens is 1. The van der Waals surface area contributed by atoms with E-state index in [0.29, 0.717) is 10.7 Å². The van der Waals surface area contributed by atoms with E-state index in [4.69, 9.17) is 16.3 Å². The van der Waals surface area contributed by atoms with Crippen LogP contribution in [0.2, 0.25) is 5.02 Å². The lowest BCUT2D eigenvalue weighted by Crippen LogP contribution is -2.17. The van der Waals surface area contributed by atoms with Crippen molar-refractivity contribution in [1.29, 1.82) is 5.26 Å². The van der Waals surface area contributed by atoms with Gasteiger partial charge >= 0.3 is 5.97 Å². The molecule has 138 valence electrons. The number of aryl methyl sites for hydroxylation is 1. The molecule has 27 heavy (non-hydrogen) atoms. The zero-order valence-corrected chi connectivity index (χ0v) is 15.6.